The van der Waals surface area contributed by atoms with E-state index in [0.717, 1.165) is 16.1 Å². The summed E-state index contributed by atoms with van der Waals surface area (Å²) in [5.41, 5.74) is 7.35. The van der Waals surface area contributed by atoms with E-state index in [9.17, 15) is 14.4 Å². The first-order chi connectivity index (χ1) is 15.8. The molecule has 2 aromatic heterocycles. The summed E-state index contributed by atoms with van der Waals surface area (Å²) in [6.07, 6.45) is 0.0161. The highest BCUT2D eigenvalue weighted by Crippen LogP contribution is 2.24. The maximum atomic E-state index is 12.8. The van der Waals surface area contributed by atoms with Crippen LogP contribution in [0.5, 0.6) is 0 Å². The minimum atomic E-state index is -0.604. The zero-order valence-electron chi connectivity index (χ0n) is 18.5. The van der Waals surface area contributed by atoms with Gasteiger partial charge in [-0.05, 0) is 32.9 Å². The number of carbonyl (C=O) groups excluding carboxylic acids is 2. The molecule has 0 spiro atoms. The Morgan fingerprint density at radius 2 is 1.82 bits per heavy atom. The summed E-state index contributed by atoms with van der Waals surface area (Å²) in [4.78, 5) is 42.4. The quantitative estimate of drug-likeness (QED) is 0.443. The minimum Gasteiger partial charge on any atom is -0.273 e. The first-order valence-corrected chi connectivity index (χ1v) is 11.3. The number of fused-ring (bicyclic) bond motifs is 1. The molecule has 0 bridgehead atoms. The first kappa shape index (κ1) is 22.3. The Morgan fingerprint density at radius 3 is 2.55 bits per heavy atom. The van der Waals surface area contributed by atoms with Crippen LogP contribution in [0.2, 0.25) is 0 Å². The number of carbonyl (C=O) groups is 2. The van der Waals surface area contributed by atoms with Gasteiger partial charge < -0.3 is 0 Å². The maximum Gasteiger partial charge on any atom is 0.290 e. The van der Waals surface area contributed by atoms with Gasteiger partial charge in [-0.2, -0.15) is 5.10 Å². The van der Waals surface area contributed by atoms with E-state index < -0.39 is 11.8 Å². The standard InChI is InChI=1S/C24H23N5O3S/c1-14(2)29-24(32)19-10-5-4-9-18(19)21(28-29)22(31)27-26-20(30)12-17-13-33-23(25-17)16-8-6-7-15(3)11-16/h4-11,13-14H,12H2,1-3H3,(H,26,30)(H,27,31). The maximum absolute atomic E-state index is 12.8. The van der Waals surface area contributed by atoms with Gasteiger partial charge in [0.15, 0.2) is 5.69 Å². The van der Waals surface area contributed by atoms with E-state index in [1.54, 1.807) is 24.3 Å². The molecule has 0 saturated heterocycles. The molecular formula is C24H23N5O3S. The molecule has 4 rings (SSSR count). The lowest BCUT2D eigenvalue weighted by molar-refractivity contribution is -0.121. The highest BCUT2D eigenvalue weighted by Gasteiger charge is 2.18. The molecular weight excluding hydrogens is 438 g/mol. The number of nitrogens with one attached hydrogen (secondary N) is 2. The molecule has 2 amide bonds. The van der Waals surface area contributed by atoms with E-state index in [1.807, 2.05) is 50.4 Å². The largest absolute Gasteiger partial charge is 0.290 e. The SMILES string of the molecule is Cc1cccc(-c2nc(CC(=O)NNC(=O)c3nn(C(C)C)c(=O)c4ccccc34)cs2)c1. The summed E-state index contributed by atoms with van der Waals surface area (Å²) in [7, 11) is 0. The fraction of sp³-hybridized carbons (Fsp3) is 0.208. The van der Waals surface area contributed by atoms with Crippen LogP contribution < -0.4 is 16.4 Å². The number of thiazole rings is 1. The zero-order chi connectivity index (χ0) is 23.5. The third kappa shape index (κ3) is 4.83. The van der Waals surface area contributed by atoms with Gasteiger partial charge in [-0.15, -0.1) is 11.3 Å². The molecule has 0 aliphatic rings. The van der Waals surface area contributed by atoms with Gasteiger partial charge in [-0.3, -0.25) is 25.2 Å². The summed E-state index contributed by atoms with van der Waals surface area (Å²) in [5.74, 6) is -1.02. The van der Waals surface area contributed by atoms with Gasteiger partial charge in [-0.1, -0.05) is 42.0 Å². The summed E-state index contributed by atoms with van der Waals surface area (Å²) in [6, 6.07) is 14.5. The molecule has 9 heteroatoms. The van der Waals surface area contributed by atoms with Crippen molar-refractivity contribution >= 4 is 33.9 Å². The van der Waals surface area contributed by atoms with Gasteiger partial charge in [0.05, 0.1) is 23.5 Å². The molecule has 0 saturated carbocycles. The number of hydrazine groups is 1. The second-order valence-electron chi connectivity index (χ2n) is 7.93. The summed E-state index contributed by atoms with van der Waals surface area (Å²) >= 11 is 1.46. The van der Waals surface area contributed by atoms with Crippen molar-refractivity contribution in [2.45, 2.75) is 33.2 Å². The Kier molecular flexibility index (Phi) is 6.32. The summed E-state index contributed by atoms with van der Waals surface area (Å²) in [5, 5.41) is 7.71. The third-order valence-electron chi connectivity index (χ3n) is 5.01. The number of aryl methyl sites for hydroxylation is 1. The van der Waals surface area contributed by atoms with Crippen molar-refractivity contribution < 1.29 is 9.59 Å². The molecule has 0 radical (unpaired) electrons. The number of hydrogen-bond donors (Lipinski definition) is 2. The van der Waals surface area contributed by atoms with E-state index in [-0.39, 0.29) is 23.7 Å². The Labute approximate surface area is 194 Å². The van der Waals surface area contributed by atoms with E-state index in [0.29, 0.717) is 16.5 Å². The Morgan fingerprint density at radius 1 is 1.06 bits per heavy atom. The van der Waals surface area contributed by atoms with Gasteiger partial charge in [0.1, 0.15) is 5.01 Å². The second kappa shape index (κ2) is 9.33. The lowest BCUT2D eigenvalue weighted by Crippen LogP contribution is -2.43. The number of amides is 2. The van der Waals surface area contributed by atoms with Gasteiger partial charge in [0.2, 0.25) is 5.91 Å². The Bertz CT molecular complexity index is 1410. The van der Waals surface area contributed by atoms with Crippen LogP contribution in [0.4, 0.5) is 0 Å². The van der Waals surface area contributed by atoms with Crippen molar-refractivity contribution in [3.8, 4) is 10.6 Å². The first-order valence-electron chi connectivity index (χ1n) is 10.5. The predicted molar refractivity (Wildman–Crippen MR) is 128 cm³/mol. The van der Waals surface area contributed by atoms with Crippen LogP contribution in [0.15, 0.2) is 58.7 Å². The van der Waals surface area contributed by atoms with Crippen LogP contribution in [-0.4, -0.2) is 26.6 Å². The number of rotatable bonds is 5. The molecule has 168 valence electrons. The number of aromatic nitrogens is 3. The van der Waals surface area contributed by atoms with Crippen molar-refractivity contribution in [1.82, 2.24) is 25.6 Å². The van der Waals surface area contributed by atoms with Crippen molar-refractivity contribution in [1.29, 1.82) is 0 Å². The van der Waals surface area contributed by atoms with Crippen molar-refractivity contribution in [3.63, 3.8) is 0 Å². The van der Waals surface area contributed by atoms with Crippen LogP contribution in [0, 0.1) is 6.92 Å². The van der Waals surface area contributed by atoms with E-state index in [1.165, 1.54) is 16.0 Å². The van der Waals surface area contributed by atoms with Gasteiger partial charge >= 0.3 is 0 Å². The predicted octanol–water partition coefficient (Wildman–Crippen LogP) is 3.41. The van der Waals surface area contributed by atoms with Crippen molar-refractivity contribution in [2.24, 2.45) is 0 Å². The molecule has 0 unspecified atom stereocenters. The van der Waals surface area contributed by atoms with Crippen LogP contribution in [0.25, 0.3) is 21.3 Å². The van der Waals surface area contributed by atoms with E-state index >= 15 is 0 Å². The Balaban J connectivity index is 1.46. The molecule has 0 aliphatic heterocycles. The topological polar surface area (TPSA) is 106 Å². The van der Waals surface area contributed by atoms with Gasteiger partial charge in [0, 0.05) is 16.3 Å². The summed E-state index contributed by atoms with van der Waals surface area (Å²) in [6.45, 7) is 5.64. The monoisotopic (exact) mass is 461 g/mol. The normalized spacial score (nSPS) is 11.0. The highest BCUT2D eigenvalue weighted by molar-refractivity contribution is 7.13. The van der Waals surface area contributed by atoms with E-state index in [4.69, 9.17) is 0 Å². The molecule has 0 fully saturated rings. The van der Waals surface area contributed by atoms with E-state index in [2.05, 4.69) is 20.9 Å². The average molecular weight is 462 g/mol. The molecule has 0 aliphatic carbocycles. The van der Waals surface area contributed by atoms with Crippen molar-refractivity contribution in [3.05, 3.63) is 81.2 Å². The van der Waals surface area contributed by atoms with Crippen LogP contribution >= 0.6 is 11.3 Å². The molecule has 8 nitrogen and oxygen atoms in total. The Hall–Kier alpha value is -3.85. The molecule has 4 aromatic rings. The van der Waals surface area contributed by atoms with Gasteiger partial charge in [0.25, 0.3) is 11.5 Å². The van der Waals surface area contributed by atoms with Crippen LogP contribution in [-0.2, 0) is 11.2 Å². The third-order valence-corrected chi connectivity index (χ3v) is 5.95. The number of benzene rings is 2. The lowest BCUT2D eigenvalue weighted by Gasteiger charge is -2.13. The smallest absolute Gasteiger partial charge is 0.273 e. The molecule has 33 heavy (non-hydrogen) atoms. The fourth-order valence-corrected chi connectivity index (χ4v) is 4.23. The van der Waals surface area contributed by atoms with Crippen molar-refractivity contribution in [2.75, 3.05) is 0 Å². The van der Waals surface area contributed by atoms with Crippen LogP contribution in [0.1, 0.15) is 41.6 Å². The lowest BCUT2D eigenvalue weighted by atomic mass is 10.1. The number of hydrogen-bond acceptors (Lipinski definition) is 6. The highest BCUT2D eigenvalue weighted by atomic mass is 32.1. The fourth-order valence-electron chi connectivity index (χ4n) is 3.42. The zero-order valence-corrected chi connectivity index (χ0v) is 19.3. The molecule has 2 N–H and O–H groups in total. The summed E-state index contributed by atoms with van der Waals surface area (Å²) < 4.78 is 1.27. The molecule has 2 aromatic carbocycles. The molecule has 2 heterocycles. The second-order valence-corrected chi connectivity index (χ2v) is 8.79. The minimum absolute atomic E-state index is 0.0161. The van der Waals surface area contributed by atoms with Crippen LogP contribution in [0.3, 0.4) is 0 Å². The number of nitrogens with zero attached hydrogens (tertiary/aromatic N) is 3. The molecule has 0 atom stereocenters. The average Bonchev–Trinajstić information content (AvgIpc) is 3.26. The van der Waals surface area contributed by atoms with Gasteiger partial charge in [-0.25, -0.2) is 9.67 Å².